The smallest absolute Gasteiger partial charge is 0.404 e. The van der Waals surface area contributed by atoms with E-state index in [1.807, 2.05) is 72.8 Å². The van der Waals surface area contributed by atoms with Gasteiger partial charge in [-0.25, -0.2) is 4.79 Å². The number of carboxylic acid groups (broad SMARTS) is 1. The monoisotopic (exact) mass is 577 g/mol. The van der Waals surface area contributed by atoms with Gasteiger partial charge in [0.1, 0.15) is 12.1 Å². The van der Waals surface area contributed by atoms with E-state index in [9.17, 15) is 14.4 Å². The zero-order chi connectivity index (χ0) is 30.2. The quantitative estimate of drug-likeness (QED) is 0.177. The first-order valence-corrected chi connectivity index (χ1v) is 13.8. The molecule has 3 amide bonds. The number of benzene rings is 4. The molecule has 0 bridgehead atoms. The fraction of sp³-hybridized carbons (Fsp3) is 0.182. The number of rotatable bonds is 11. The van der Waals surface area contributed by atoms with Crippen molar-refractivity contribution in [3.63, 3.8) is 0 Å². The summed E-state index contributed by atoms with van der Waals surface area (Å²) in [6, 6.07) is 28.5. The van der Waals surface area contributed by atoms with E-state index in [4.69, 9.17) is 9.63 Å². The summed E-state index contributed by atoms with van der Waals surface area (Å²) >= 11 is 0. The van der Waals surface area contributed by atoms with Gasteiger partial charge in [-0.15, -0.1) is 0 Å². The van der Waals surface area contributed by atoms with Crippen molar-refractivity contribution < 1.29 is 24.0 Å². The fourth-order valence-electron chi connectivity index (χ4n) is 4.83. The van der Waals surface area contributed by atoms with E-state index in [1.165, 1.54) is 0 Å². The lowest BCUT2D eigenvalue weighted by Gasteiger charge is -2.22. The number of aromatic nitrogens is 2. The minimum Gasteiger partial charge on any atom is -0.465 e. The molecule has 0 spiro atoms. The third kappa shape index (κ3) is 7.82. The van der Waals surface area contributed by atoms with Crippen LogP contribution < -0.4 is 16.0 Å². The lowest BCUT2D eigenvalue weighted by atomic mass is 9.99. The molecule has 0 aliphatic rings. The van der Waals surface area contributed by atoms with Gasteiger partial charge in [-0.1, -0.05) is 90.1 Å². The summed E-state index contributed by atoms with van der Waals surface area (Å²) < 4.78 is 5.44. The number of aryl methyl sites for hydroxylation is 1. The second kappa shape index (κ2) is 13.4. The standard InChI is InChI=1S/C33H31N5O5/c1-21-35-32(43-38-21)29(18-22-8-3-2-4-9-22)37-31(40)28(19-23-14-15-25-11-5-6-12-26(25)16-23)36-30(39)27-13-7-10-24(17-27)20-34-33(41)42/h2-17,28-29,34H,18-20H2,1H3,(H,36,39)(H,37,40)(H,41,42)/t28-,29-/m1/s1. The van der Waals surface area contributed by atoms with E-state index in [0.717, 1.165) is 21.9 Å². The van der Waals surface area contributed by atoms with Crippen molar-refractivity contribution >= 4 is 28.7 Å². The van der Waals surface area contributed by atoms with Gasteiger partial charge >= 0.3 is 6.09 Å². The highest BCUT2D eigenvalue weighted by atomic mass is 16.5. The van der Waals surface area contributed by atoms with Gasteiger partial charge in [-0.3, -0.25) is 9.59 Å². The molecule has 5 rings (SSSR count). The average Bonchev–Trinajstić information content (AvgIpc) is 3.46. The molecule has 0 radical (unpaired) electrons. The Balaban J connectivity index is 1.41. The third-order valence-electron chi connectivity index (χ3n) is 6.95. The molecule has 43 heavy (non-hydrogen) atoms. The SMILES string of the molecule is Cc1noc([C@@H](Cc2ccccc2)NC(=O)[C@@H](Cc2ccc3ccccc3c2)NC(=O)c2cccc(CNC(=O)O)c2)n1. The fourth-order valence-corrected chi connectivity index (χ4v) is 4.83. The van der Waals surface area contributed by atoms with Crippen LogP contribution in [0.15, 0.2) is 102 Å². The van der Waals surface area contributed by atoms with Crippen molar-refractivity contribution in [2.24, 2.45) is 0 Å². The zero-order valence-electron chi connectivity index (χ0n) is 23.5. The van der Waals surface area contributed by atoms with Crippen molar-refractivity contribution in [1.82, 2.24) is 26.1 Å². The first-order chi connectivity index (χ1) is 20.8. The van der Waals surface area contributed by atoms with E-state index >= 15 is 0 Å². The topological polar surface area (TPSA) is 146 Å². The van der Waals surface area contributed by atoms with Gasteiger partial charge in [0.25, 0.3) is 5.91 Å². The molecule has 4 aromatic carbocycles. The molecule has 0 fully saturated rings. The molecule has 218 valence electrons. The Labute approximate surface area is 248 Å². The highest BCUT2D eigenvalue weighted by Crippen LogP contribution is 2.20. The maximum absolute atomic E-state index is 13.9. The van der Waals surface area contributed by atoms with Gasteiger partial charge in [-0.2, -0.15) is 4.98 Å². The predicted octanol–water partition coefficient (Wildman–Crippen LogP) is 4.74. The summed E-state index contributed by atoms with van der Waals surface area (Å²) in [6.07, 6.45) is -0.531. The third-order valence-corrected chi connectivity index (χ3v) is 6.95. The first-order valence-electron chi connectivity index (χ1n) is 13.8. The summed E-state index contributed by atoms with van der Waals surface area (Å²) in [6.45, 7) is 1.75. The first kappa shape index (κ1) is 29.0. The molecule has 10 nitrogen and oxygen atoms in total. The maximum atomic E-state index is 13.9. The number of hydrogen-bond donors (Lipinski definition) is 4. The molecular formula is C33H31N5O5. The van der Waals surface area contributed by atoms with Crippen LogP contribution in [0.4, 0.5) is 4.79 Å². The lowest BCUT2D eigenvalue weighted by Crippen LogP contribution is -2.49. The van der Waals surface area contributed by atoms with E-state index in [1.54, 1.807) is 31.2 Å². The Bertz CT molecular complexity index is 1740. The molecule has 5 aromatic rings. The number of hydrogen-bond acceptors (Lipinski definition) is 6. The van der Waals surface area contributed by atoms with E-state index < -0.39 is 30.0 Å². The molecule has 1 aromatic heterocycles. The minimum absolute atomic E-state index is 0.0439. The van der Waals surface area contributed by atoms with Crippen LogP contribution in [0.25, 0.3) is 10.8 Å². The second-order valence-electron chi connectivity index (χ2n) is 10.2. The number of nitrogens with one attached hydrogen (secondary N) is 3. The minimum atomic E-state index is -1.16. The van der Waals surface area contributed by atoms with E-state index in [2.05, 4.69) is 26.1 Å². The van der Waals surface area contributed by atoms with Crippen LogP contribution in [-0.4, -0.2) is 39.2 Å². The normalized spacial score (nSPS) is 12.3. The number of amides is 3. The van der Waals surface area contributed by atoms with Gasteiger partial charge in [-0.05, 0) is 46.5 Å². The van der Waals surface area contributed by atoms with Gasteiger partial charge in [0, 0.05) is 24.9 Å². The Morgan fingerprint density at radius 2 is 1.53 bits per heavy atom. The highest BCUT2D eigenvalue weighted by molar-refractivity contribution is 5.98. The van der Waals surface area contributed by atoms with E-state index in [0.29, 0.717) is 23.4 Å². The summed E-state index contributed by atoms with van der Waals surface area (Å²) in [7, 11) is 0. The molecule has 4 N–H and O–H groups in total. The lowest BCUT2D eigenvalue weighted by molar-refractivity contribution is -0.123. The molecule has 0 unspecified atom stereocenters. The zero-order valence-corrected chi connectivity index (χ0v) is 23.5. The Morgan fingerprint density at radius 3 is 2.28 bits per heavy atom. The Kier molecular flexibility index (Phi) is 9.06. The van der Waals surface area contributed by atoms with Gasteiger partial charge < -0.3 is 25.6 Å². The number of nitrogens with zero attached hydrogens (tertiary/aromatic N) is 2. The van der Waals surface area contributed by atoms with Crippen molar-refractivity contribution in [3.8, 4) is 0 Å². The number of carbonyl (C=O) groups excluding carboxylic acids is 2. The number of fused-ring (bicyclic) bond motifs is 1. The van der Waals surface area contributed by atoms with Crippen LogP contribution in [0.5, 0.6) is 0 Å². The summed E-state index contributed by atoms with van der Waals surface area (Å²) in [5.41, 5.74) is 2.74. The van der Waals surface area contributed by atoms with Crippen LogP contribution in [0.1, 0.15) is 44.8 Å². The Hall–Kier alpha value is -5.51. The molecule has 0 saturated heterocycles. The number of carbonyl (C=O) groups is 3. The molecule has 2 atom stereocenters. The summed E-state index contributed by atoms with van der Waals surface area (Å²) in [5.74, 6) is -0.168. The molecule has 0 saturated carbocycles. The van der Waals surface area contributed by atoms with Crippen molar-refractivity contribution in [2.45, 2.75) is 38.4 Å². The Morgan fingerprint density at radius 1 is 0.791 bits per heavy atom. The van der Waals surface area contributed by atoms with Gasteiger partial charge in [0.2, 0.25) is 11.8 Å². The second-order valence-corrected chi connectivity index (χ2v) is 10.2. The van der Waals surface area contributed by atoms with Gasteiger partial charge in [0.15, 0.2) is 5.82 Å². The van der Waals surface area contributed by atoms with Crippen molar-refractivity contribution in [3.05, 3.63) is 131 Å². The highest BCUT2D eigenvalue weighted by Gasteiger charge is 2.28. The van der Waals surface area contributed by atoms with Crippen LogP contribution in [0, 0.1) is 6.92 Å². The molecule has 1 heterocycles. The average molecular weight is 578 g/mol. The van der Waals surface area contributed by atoms with Crippen LogP contribution in [0.3, 0.4) is 0 Å². The molecule has 0 aliphatic heterocycles. The summed E-state index contributed by atoms with van der Waals surface area (Å²) in [4.78, 5) is 42.6. The molecular weight excluding hydrogens is 546 g/mol. The largest absolute Gasteiger partial charge is 0.465 e. The van der Waals surface area contributed by atoms with Crippen LogP contribution in [-0.2, 0) is 24.2 Å². The predicted molar refractivity (Wildman–Crippen MR) is 160 cm³/mol. The molecule has 10 heteroatoms. The van der Waals surface area contributed by atoms with Crippen molar-refractivity contribution in [1.29, 1.82) is 0 Å². The van der Waals surface area contributed by atoms with E-state index in [-0.39, 0.29) is 18.9 Å². The molecule has 0 aliphatic carbocycles. The van der Waals surface area contributed by atoms with Crippen LogP contribution >= 0.6 is 0 Å². The van der Waals surface area contributed by atoms with Crippen molar-refractivity contribution in [2.75, 3.05) is 0 Å². The maximum Gasteiger partial charge on any atom is 0.404 e. The summed E-state index contributed by atoms with van der Waals surface area (Å²) in [5, 5.41) is 23.1. The van der Waals surface area contributed by atoms with Gasteiger partial charge in [0.05, 0.1) is 0 Å². The van der Waals surface area contributed by atoms with Crippen LogP contribution in [0.2, 0.25) is 0 Å².